The molecule has 2 N–H and O–H groups in total. The van der Waals surface area contributed by atoms with Crippen molar-refractivity contribution in [1.82, 2.24) is 15.7 Å². The minimum absolute atomic E-state index is 0.000214. The third-order valence-corrected chi connectivity index (χ3v) is 3.22. The zero-order chi connectivity index (χ0) is 20.1. The lowest BCUT2D eigenvalue weighted by atomic mass is 10.1. The highest BCUT2D eigenvalue weighted by Crippen LogP contribution is 2.21. The minimum atomic E-state index is -4.58. The average molecular weight is 400 g/mol. The van der Waals surface area contributed by atoms with E-state index in [0.29, 0.717) is 0 Å². The van der Waals surface area contributed by atoms with Crippen molar-refractivity contribution in [2.45, 2.75) is 32.5 Å². The van der Waals surface area contributed by atoms with E-state index in [1.807, 2.05) is 0 Å². The van der Waals surface area contributed by atoms with Crippen LogP contribution < -0.4 is 15.5 Å². The van der Waals surface area contributed by atoms with Crippen molar-refractivity contribution < 1.29 is 32.0 Å². The van der Waals surface area contributed by atoms with Crippen LogP contribution in [0.5, 0.6) is 5.75 Å². The predicted molar refractivity (Wildman–Crippen MR) is 86.1 cm³/mol. The molecule has 0 aliphatic rings. The fourth-order valence-corrected chi connectivity index (χ4v) is 1.96. The third-order valence-electron chi connectivity index (χ3n) is 3.00. The molecular formula is C15H18ClF4N3O3. The van der Waals surface area contributed by atoms with Crippen LogP contribution in [0.15, 0.2) is 18.2 Å². The first-order valence-corrected chi connectivity index (χ1v) is 7.80. The Hall–Kier alpha value is -2.23. The van der Waals surface area contributed by atoms with Gasteiger partial charge in [0.1, 0.15) is 17.9 Å². The van der Waals surface area contributed by atoms with Gasteiger partial charge in [0, 0.05) is 17.2 Å². The molecule has 0 radical (unpaired) electrons. The number of carbonyl (C=O) groups excluding carboxylic acids is 2. The Morgan fingerprint density at radius 1 is 1.23 bits per heavy atom. The summed E-state index contributed by atoms with van der Waals surface area (Å²) >= 11 is 5.69. The Kier molecular flexibility index (Phi) is 7.08. The van der Waals surface area contributed by atoms with E-state index in [1.165, 1.54) is 26.8 Å². The number of urea groups is 1. The van der Waals surface area contributed by atoms with E-state index in [9.17, 15) is 27.2 Å². The summed E-state index contributed by atoms with van der Waals surface area (Å²) in [5.41, 5.74) is -1.65. The first-order valence-electron chi connectivity index (χ1n) is 7.43. The quantitative estimate of drug-likeness (QED) is 0.570. The highest BCUT2D eigenvalue weighted by molar-refractivity contribution is 6.30. The summed E-state index contributed by atoms with van der Waals surface area (Å²) in [5.74, 6) is -1.78. The van der Waals surface area contributed by atoms with Crippen molar-refractivity contribution in [2.75, 3.05) is 13.1 Å². The minimum Gasteiger partial charge on any atom is -0.375 e. The summed E-state index contributed by atoms with van der Waals surface area (Å²) in [6.45, 7) is 2.46. The number of nitrogens with zero attached hydrogens (tertiary/aromatic N) is 1. The van der Waals surface area contributed by atoms with E-state index in [-0.39, 0.29) is 17.3 Å². The van der Waals surface area contributed by atoms with Gasteiger partial charge in [0.05, 0.1) is 6.54 Å². The molecule has 3 amide bonds. The molecule has 26 heavy (non-hydrogen) atoms. The monoisotopic (exact) mass is 399 g/mol. The Balaban J connectivity index is 2.76. The third kappa shape index (κ3) is 6.95. The van der Waals surface area contributed by atoms with Gasteiger partial charge in [-0.2, -0.15) is 18.2 Å². The maximum Gasteiger partial charge on any atom is 0.405 e. The molecule has 0 aliphatic heterocycles. The SMILES string of the molecule is CCN(Oc1cc(F)cc(Cl)c1)C(=O)NC(C)(C)C(=O)NCC(F)(F)F. The van der Waals surface area contributed by atoms with E-state index >= 15 is 0 Å². The predicted octanol–water partition coefficient (Wildman–Crippen LogP) is 3.26. The number of rotatable bonds is 6. The number of nitrogens with one attached hydrogen (secondary N) is 2. The molecule has 1 aromatic carbocycles. The molecule has 0 unspecified atom stereocenters. The smallest absolute Gasteiger partial charge is 0.375 e. The molecular weight excluding hydrogens is 382 g/mol. The van der Waals surface area contributed by atoms with Gasteiger partial charge in [-0.3, -0.25) is 4.79 Å². The molecule has 0 saturated heterocycles. The maximum atomic E-state index is 13.3. The van der Waals surface area contributed by atoms with Gasteiger partial charge < -0.3 is 15.5 Å². The van der Waals surface area contributed by atoms with Gasteiger partial charge in [-0.1, -0.05) is 11.6 Å². The number of halogens is 5. The summed E-state index contributed by atoms with van der Waals surface area (Å²) in [6, 6.07) is 2.39. The Morgan fingerprint density at radius 2 is 1.85 bits per heavy atom. The van der Waals surface area contributed by atoms with E-state index in [0.717, 1.165) is 17.2 Å². The zero-order valence-electron chi connectivity index (χ0n) is 14.2. The van der Waals surface area contributed by atoms with Crippen molar-refractivity contribution in [3.63, 3.8) is 0 Å². The zero-order valence-corrected chi connectivity index (χ0v) is 15.0. The molecule has 0 bridgehead atoms. The molecule has 0 spiro atoms. The van der Waals surface area contributed by atoms with Crippen molar-refractivity contribution in [3.05, 3.63) is 29.0 Å². The summed E-state index contributed by atoms with van der Waals surface area (Å²) < 4.78 is 49.9. The molecule has 0 atom stereocenters. The molecule has 0 aliphatic carbocycles. The van der Waals surface area contributed by atoms with Gasteiger partial charge in [0.25, 0.3) is 0 Å². The van der Waals surface area contributed by atoms with Crippen molar-refractivity contribution >= 4 is 23.5 Å². The number of amides is 3. The van der Waals surface area contributed by atoms with Gasteiger partial charge in [-0.15, -0.1) is 0 Å². The molecule has 6 nitrogen and oxygen atoms in total. The van der Waals surface area contributed by atoms with E-state index in [4.69, 9.17) is 16.4 Å². The molecule has 0 heterocycles. The lowest BCUT2D eigenvalue weighted by molar-refractivity contribution is -0.141. The summed E-state index contributed by atoms with van der Waals surface area (Å²) in [7, 11) is 0. The average Bonchev–Trinajstić information content (AvgIpc) is 2.47. The molecule has 11 heteroatoms. The molecule has 1 aromatic rings. The molecule has 1 rings (SSSR count). The van der Waals surface area contributed by atoms with E-state index < -0.39 is 36.0 Å². The molecule has 0 saturated carbocycles. The van der Waals surface area contributed by atoms with Crippen LogP contribution in [0.2, 0.25) is 5.02 Å². The fourth-order valence-electron chi connectivity index (χ4n) is 1.75. The summed E-state index contributed by atoms with van der Waals surface area (Å²) in [4.78, 5) is 29.3. The van der Waals surface area contributed by atoms with Crippen molar-refractivity contribution in [1.29, 1.82) is 0 Å². The summed E-state index contributed by atoms with van der Waals surface area (Å²) in [6.07, 6.45) is -4.58. The number of alkyl halides is 3. The van der Waals surface area contributed by atoms with Gasteiger partial charge in [0.15, 0.2) is 5.75 Å². The van der Waals surface area contributed by atoms with Crippen LogP contribution in [0, 0.1) is 5.82 Å². The van der Waals surface area contributed by atoms with Crippen LogP contribution >= 0.6 is 11.6 Å². The van der Waals surface area contributed by atoms with E-state index in [1.54, 1.807) is 5.32 Å². The van der Waals surface area contributed by atoms with Gasteiger partial charge in [0.2, 0.25) is 5.91 Å². The normalized spacial score (nSPS) is 11.7. The van der Waals surface area contributed by atoms with Gasteiger partial charge >= 0.3 is 12.2 Å². The van der Waals surface area contributed by atoms with Crippen molar-refractivity contribution in [3.8, 4) is 5.75 Å². The highest BCUT2D eigenvalue weighted by Gasteiger charge is 2.35. The number of hydrogen-bond donors (Lipinski definition) is 2. The maximum absolute atomic E-state index is 13.3. The Bertz CT molecular complexity index is 648. The highest BCUT2D eigenvalue weighted by atomic mass is 35.5. The Labute approximate surface area is 152 Å². The van der Waals surface area contributed by atoms with E-state index in [2.05, 4.69) is 5.32 Å². The number of benzene rings is 1. The second kappa shape index (κ2) is 8.43. The van der Waals surface area contributed by atoms with Crippen LogP contribution in [-0.4, -0.2) is 41.8 Å². The largest absolute Gasteiger partial charge is 0.405 e. The van der Waals surface area contributed by atoms with Gasteiger partial charge in [-0.25, -0.2) is 9.18 Å². The second-order valence-corrected chi connectivity index (χ2v) is 6.18. The van der Waals surface area contributed by atoms with Gasteiger partial charge in [-0.05, 0) is 26.8 Å². The van der Waals surface area contributed by atoms with Crippen LogP contribution in [0.25, 0.3) is 0 Å². The van der Waals surface area contributed by atoms with Crippen LogP contribution in [0.4, 0.5) is 22.4 Å². The molecule has 0 aromatic heterocycles. The summed E-state index contributed by atoms with van der Waals surface area (Å²) in [5, 5.41) is 4.75. The second-order valence-electron chi connectivity index (χ2n) is 5.74. The number of hydroxylamine groups is 2. The number of hydrogen-bond acceptors (Lipinski definition) is 3. The van der Waals surface area contributed by atoms with Crippen molar-refractivity contribution in [2.24, 2.45) is 0 Å². The first kappa shape index (κ1) is 21.8. The topological polar surface area (TPSA) is 70.7 Å². The van der Waals surface area contributed by atoms with Crippen LogP contribution in [-0.2, 0) is 4.79 Å². The Morgan fingerprint density at radius 3 is 2.35 bits per heavy atom. The lowest BCUT2D eigenvalue weighted by Gasteiger charge is -2.29. The van der Waals surface area contributed by atoms with Crippen LogP contribution in [0.3, 0.4) is 0 Å². The molecule has 146 valence electrons. The number of carbonyl (C=O) groups is 2. The molecule has 0 fully saturated rings. The first-order chi connectivity index (χ1) is 11.8. The fraction of sp³-hybridized carbons (Fsp3) is 0.467. The lowest BCUT2D eigenvalue weighted by Crippen LogP contribution is -2.59. The standard InChI is InChI=1S/C15H18ClF4N3O3/c1-4-23(26-11-6-9(16)5-10(17)7-11)13(25)22-14(2,3)12(24)21-8-15(18,19)20/h5-7H,4,8H2,1-3H3,(H,21,24)(H,22,25). The van der Waals surface area contributed by atoms with Crippen LogP contribution in [0.1, 0.15) is 20.8 Å².